The van der Waals surface area contributed by atoms with Crippen LogP contribution in [-0.4, -0.2) is 24.3 Å². The van der Waals surface area contributed by atoms with E-state index >= 15 is 0 Å². The highest BCUT2D eigenvalue weighted by molar-refractivity contribution is 6.03. The Labute approximate surface area is 153 Å². The van der Waals surface area contributed by atoms with Gasteiger partial charge in [-0.05, 0) is 62.4 Å². The highest BCUT2D eigenvalue weighted by atomic mass is 16.6. The van der Waals surface area contributed by atoms with E-state index in [2.05, 4.69) is 36.5 Å². The van der Waals surface area contributed by atoms with Gasteiger partial charge in [-0.1, -0.05) is 23.8 Å². The van der Waals surface area contributed by atoms with Crippen molar-refractivity contribution in [3.63, 3.8) is 0 Å². The molecule has 2 aliphatic rings. The van der Waals surface area contributed by atoms with E-state index in [-0.39, 0.29) is 12.5 Å². The van der Waals surface area contributed by atoms with Crippen molar-refractivity contribution in [2.45, 2.75) is 39.2 Å². The second-order valence-corrected chi connectivity index (χ2v) is 6.86. The number of aryl methyl sites for hydroxylation is 2. The number of carbonyl (C=O) groups excluding carboxylic acids is 1. The van der Waals surface area contributed by atoms with Gasteiger partial charge in [-0.3, -0.25) is 4.79 Å². The summed E-state index contributed by atoms with van der Waals surface area (Å²) in [4.78, 5) is 12.5. The van der Waals surface area contributed by atoms with Crippen LogP contribution in [0.3, 0.4) is 0 Å². The van der Waals surface area contributed by atoms with Crippen molar-refractivity contribution in [3.8, 4) is 11.5 Å². The highest BCUT2D eigenvalue weighted by Gasteiger charge is 2.27. The molecule has 4 rings (SSSR count). The number of ether oxygens (including phenoxy) is 2. The highest BCUT2D eigenvalue weighted by Crippen LogP contribution is 2.31. The van der Waals surface area contributed by atoms with Crippen molar-refractivity contribution in [3.05, 3.63) is 58.7 Å². The number of para-hydroxylation sites is 2. The van der Waals surface area contributed by atoms with Crippen LogP contribution in [0.25, 0.3) is 0 Å². The topological polar surface area (TPSA) is 59.9 Å². The molecule has 0 saturated heterocycles. The van der Waals surface area contributed by atoms with E-state index in [9.17, 15) is 4.79 Å². The second-order valence-electron chi connectivity index (χ2n) is 6.86. The van der Waals surface area contributed by atoms with Crippen molar-refractivity contribution in [2.75, 3.05) is 6.61 Å². The number of hydrogen-bond acceptors (Lipinski definition) is 4. The molecule has 0 saturated carbocycles. The van der Waals surface area contributed by atoms with Gasteiger partial charge in [0.25, 0.3) is 5.91 Å². The normalized spacial score (nSPS) is 19.8. The predicted octanol–water partition coefficient (Wildman–Crippen LogP) is 3.30. The van der Waals surface area contributed by atoms with Crippen molar-refractivity contribution >= 4 is 11.6 Å². The molecule has 1 N–H and O–H groups in total. The Morgan fingerprint density at radius 1 is 1.15 bits per heavy atom. The maximum Gasteiger partial charge on any atom is 0.284 e. The van der Waals surface area contributed by atoms with Crippen LogP contribution in [0, 0.1) is 13.8 Å². The minimum atomic E-state index is -0.698. The fraction of sp³-hybridized carbons (Fsp3) is 0.333. The van der Waals surface area contributed by atoms with E-state index in [1.807, 2.05) is 18.2 Å². The first-order valence-corrected chi connectivity index (χ1v) is 8.97. The van der Waals surface area contributed by atoms with Crippen LogP contribution in [0.1, 0.15) is 35.1 Å². The smallest absolute Gasteiger partial charge is 0.284 e. The summed E-state index contributed by atoms with van der Waals surface area (Å²) < 4.78 is 11.3. The SMILES string of the molecule is Cc1cc(C)c2c(c1)/C(=N\NC(=O)[C@@H]1COc3ccccc3O1)CCC2. The van der Waals surface area contributed by atoms with Gasteiger partial charge in [0.2, 0.25) is 6.10 Å². The minimum absolute atomic E-state index is 0.183. The Balaban J connectivity index is 1.50. The monoisotopic (exact) mass is 350 g/mol. The molecule has 5 heteroatoms. The lowest BCUT2D eigenvalue weighted by molar-refractivity contribution is -0.130. The third-order valence-corrected chi connectivity index (χ3v) is 4.87. The number of amides is 1. The first-order chi connectivity index (χ1) is 12.6. The van der Waals surface area contributed by atoms with Crippen molar-refractivity contribution in [1.29, 1.82) is 0 Å². The average Bonchev–Trinajstić information content (AvgIpc) is 2.65. The number of carbonyl (C=O) groups is 1. The number of benzene rings is 2. The maximum atomic E-state index is 12.5. The zero-order valence-corrected chi connectivity index (χ0v) is 15.0. The Kier molecular flexibility index (Phi) is 4.37. The molecule has 0 unspecified atom stereocenters. The Hall–Kier alpha value is -2.82. The van der Waals surface area contributed by atoms with Crippen LogP contribution in [0.15, 0.2) is 41.5 Å². The Morgan fingerprint density at radius 3 is 2.81 bits per heavy atom. The molecule has 0 bridgehead atoms. The summed E-state index contributed by atoms with van der Waals surface area (Å²) in [5.41, 5.74) is 8.60. The summed E-state index contributed by atoms with van der Waals surface area (Å²) in [6.07, 6.45) is 2.27. The average molecular weight is 350 g/mol. The molecule has 26 heavy (non-hydrogen) atoms. The molecule has 0 radical (unpaired) electrons. The van der Waals surface area contributed by atoms with Gasteiger partial charge < -0.3 is 9.47 Å². The molecule has 5 nitrogen and oxygen atoms in total. The number of rotatable bonds is 2. The van der Waals surface area contributed by atoms with E-state index in [1.54, 1.807) is 6.07 Å². The van der Waals surface area contributed by atoms with Gasteiger partial charge in [0.15, 0.2) is 11.5 Å². The van der Waals surface area contributed by atoms with Crippen LogP contribution in [0.2, 0.25) is 0 Å². The number of fused-ring (bicyclic) bond motifs is 2. The molecule has 2 aromatic rings. The summed E-state index contributed by atoms with van der Waals surface area (Å²) >= 11 is 0. The van der Waals surface area contributed by atoms with Crippen LogP contribution in [-0.2, 0) is 11.2 Å². The zero-order chi connectivity index (χ0) is 18.1. The third-order valence-electron chi connectivity index (χ3n) is 4.87. The summed E-state index contributed by atoms with van der Waals surface area (Å²) in [7, 11) is 0. The number of hydrazone groups is 1. The van der Waals surface area contributed by atoms with Crippen molar-refractivity contribution in [2.24, 2.45) is 5.10 Å². The molecule has 1 heterocycles. The molecule has 1 amide bonds. The van der Waals surface area contributed by atoms with E-state index in [0.29, 0.717) is 11.5 Å². The first kappa shape index (κ1) is 16.6. The molecule has 0 fully saturated rings. The van der Waals surface area contributed by atoms with Gasteiger partial charge in [0.05, 0.1) is 5.71 Å². The molecule has 1 aliphatic heterocycles. The lowest BCUT2D eigenvalue weighted by atomic mass is 9.86. The maximum absolute atomic E-state index is 12.5. The van der Waals surface area contributed by atoms with E-state index < -0.39 is 6.10 Å². The van der Waals surface area contributed by atoms with Gasteiger partial charge >= 0.3 is 0 Å². The van der Waals surface area contributed by atoms with Gasteiger partial charge in [0, 0.05) is 5.56 Å². The quantitative estimate of drug-likeness (QED) is 0.846. The van der Waals surface area contributed by atoms with Crippen molar-refractivity contribution < 1.29 is 14.3 Å². The molecular weight excluding hydrogens is 328 g/mol. The van der Waals surface area contributed by atoms with Gasteiger partial charge in [-0.15, -0.1) is 0 Å². The first-order valence-electron chi connectivity index (χ1n) is 8.97. The number of hydrogen-bond donors (Lipinski definition) is 1. The second kappa shape index (κ2) is 6.83. The molecule has 0 aromatic heterocycles. The van der Waals surface area contributed by atoms with Gasteiger partial charge in [-0.25, -0.2) is 5.43 Å². The van der Waals surface area contributed by atoms with Crippen LogP contribution >= 0.6 is 0 Å². The molecular formula is C21H22N2O3. The van der Waals surface area contributed by atoms with E-state index in [1.165, 1.54) is 16.7 Å². The van der Waals surface area contributed by atoms with Crippen LogP contribution in [0.4, 0.5) is 0 Å². The third kappa shape index (κ3) is 3.17. The summed E-state index contributed by atoms with van der Waals surface area (Å²) in [6.45, 7) is 4.41. The fourth-order valence-electron chi connectivity index (χ4n) is 3.61. The fourth-order valence-corrected chi connectivity index (χ4v) is 3.61. The van der Waals surface area contributed by atoms with E-state index in [0.717, 1.165) is 30.5 Å². The minimum Gasteiger partial charge on any atom is -0.485 e. The zero-order valence-electron chi connectivity index (χ0n) is 15.0. The largest absolute Gasteiger partial charge is 0.485 e. The van der Waals surface area contributed by atoms with Gasteiger partial charge in [-0.2, -0.15) is 5.10 Å². The summed E-state index contributed by atoms with van der Waals surface area (Å²) in [6, 6.07) is 11.7. The standard InChI is InChI=1S/C21H22N2O3/c1-13-10-14(2)15-6-5-7-17(16(15)11-13)22-23-21(24)20-12-25-18-8-3-4-9-19(18)26-20/h3-4,8-11,20H,5-7,12H2,1-2H3,(H,23,24)/b22-17-/t20-/m0/s1. The van der Waals surface area contributed by atoms with Gasteiger partial charge in [0.1, 0.15) is 6.61 Å². The molecule has 0 spiro atoms. The summed E-state index contributed by atoms with van der Waals surface area (Å²) in [5.74, 6) is 0.958. The number of nitrogens with one attached hydrogen (secondary N) is 1. The summed E-state index contributed by atoms with van der Waals surface area (Å²) in [5, 5.41) is 4.42. The Morgan fingerprint density at radius 2 is 1.96 bits per heavy atom. The Bertz CT molecular complexity index is 889. The molecule has 2 aromatic carbocycles. The van der Waals surface area contributed by atoms with E-state index in [4.69, 9.17) is 9.47 Å². The number of nitrogens with zero attached hydrogens (tertiary/aromatic N) is 1. The molecule has 1 atom stereocenters. The van der Waals surface area contributed by atoms with Crippen LogP contribution < -0.4 is 14.9 Å². The lowest BCUT2D eigenvalue weighted by Crippen LogP contribution is -2.42. The molecule has 1 aliphatic carbocycles. The lowest BCUT2D eigenvalue weighted by Gasteiger charge is -2.25. The predicted molar refractivity (Wildman–Crippen MR) is 99.9 cm³/mol. The molecule has 134 valence electrons. The van der Waals surface area contributed by atoms with Crippen molar-refractivity contribution in [1.82, 2.24) is 5.43 Å². The van der Waals surface area contributed by atoms with Crippen LogP contribution in [0.5, 0.6) is 11.5 Å².